The van der Waals surface area contributed by atoms with E-state index in [1.807, 2.05) is 10.8 Å². The van der Waals surface area contributed by atoms with E-state index in [1.54, 1.807) is 0 Å². The van der Waals surface area contributed by atoms with Crippen LogP contribution >= 0.6 is 0 Å². The predicted molar refractivity (Wildman–Crippen MR) is 71.1 cm³/mol. The number of fused-ring (bicyclic) bond motifs is 1. The summed E-state index contributed by atoms with van der Waals surface area (Å²) in [4.78, 5) is 18.4. The zero-order valence-electron chi connectivity index (χ0n) is 11.4. The van der Waals surface area contributed by atoms with Crippen LogP contribution in [0.5, 0.6) is 0 Å². The summed E-state index contributed by atoms with van der Waals surface area (Å²) in [5.74, 6) is 0.217. The molecule has 0 aliphatic carbocycles. The van der Waals surface area contributed by atoms with Gasteiger partial charge in [-0.05, 0) is 39.3 Å². The molecule has 0 bridgehead atoms. The summed E-state index contributed by atoms with van der Waals surface area (Å²) in [6.07, 6.45) is 8.15. The van der Waals surface area contributed by atoms with Crippen molar-refractivity contribution in [2.45, 2.75) is 50.6 Å². The van der Waals surface area contributed by atoms with Gasteiger partial charge in [0.25, 0.3) is 0 Å². The van der Waals surface area contributed by atoms with E-state index in [4.69, 9.17) is 4.98 Å². The number of piperidine rings is 1. The van der Waals surface area contributed by atoms with E-state index in [1.165, 1.54) is 12.8 Å². The highest BCUT2D eigenvalue weighted by atomic mass is 16.4. The summed E-state index contributed by atoms with van der Waals surface area (Å²) >= 11 is 0. The SMILES string of the molecule is CN1CCCCC1c1cn2c(n1)CCCC2C(=O)O. The number of carboxylic acids is 1. The van der Waals surface area contributed by atoms with Gasteiger partial charge in [0.05, 0.1) is 11.7 Å². The number of nitrogens with zero attached hydrogens (tertiary/aromatic N) is 3. The summed E-state index contributed by atoms with van der Waals surface area (Å²) in [5, 5.41) is 9.30. The zero-order chi connectivity index (χ0) is 13.4. The molecular weight excluding hydrogens is 242 g/mol. The number of aryl methyl sites for hydroxylation is 1. The van der Waals surface area contributed by atoms with Gasteiger partial charge in [0.15, 0.2) is 0 Å². The third kappa shape index (κ3) is 2.27. The Labute approximate surface area is 113 Å². The van der Waals surface area contributed by atoms with Gasteiger partial charge in [-0.2, -0.15) is 0 Å². The second kappa shape index (κ2) is 4.96. The molecule has 1 saturated heterocycles. The number of aromatic nitrogens is 2. The fourth-order valence-electron chi connectivity index (χ4n) is 3.35. The number of aliphatic carboxylic acids is 1. The zero-order valence-corrected chi connectivity index (χ0v) is 11.4. The Bertz CT molecular complexity index is 483. The minimum Gasteiger partial charge on any atom is -0.480 e. The summed E-state index contributed by atoms with van der Waals surface area (Å²) in [5.41, 5.74) is 1.06. The number of carbonyl (C=O) groups is 1. The molecule has 2 atom stereocenters. The van der Waals surface area contributed by atoms with Crippen LogP contribution in [-0.4, -0.2) is 39.1 Å². The highest BCUT2D eigenvalue weighted by molar-refractivity contribution is 5.72. The normalized spacial score (nSPS) is 28.1. The van der Waals surface area contributed by atoms with Crippen molar-refractivity contribution in [3.05, 3.63) is 17.7 Å². The van der Waals surface area contributed by atoms with Crippen LogP contribution in [0.2, 0.25) is 0 Å². The highest BCUT2D eigenvalue weighted by Gasteiger charge is 2.30. The van der Waals surface area contributed by atoms with Crippen molar-refractivity contribution in [1.29, 1.82) is 0 Å². The van der Waals surface area contributed by atoms with Gasteiger partial charge >= 0.3 is 5.97 Å². The largest absolute Gasteiger partial charge is 0.480 e. The Hall–Kier alpha value is -1.36. The molecule has 3 heterocycles. The van der Waals surface area contributed by atoms with Crippen molar-refractivity contribution in [2.75, 3.05) is 13.6 Å². The van der Waals surface area contributed by atoms with Crippen molar-refractivity contribution in [3.63, 3.8) is 0 Å². The number of likely N-dealkylation sites (tertiary alicyclic amines) is 1. The van der Waals surface area contributed by atoms with E-state index in [0.717, 1.165) is 43.7 Å². The van der Waals surface area contributed by atoms with Crippen molar-refractivity contribution >= 4 is 5.97 Å². The molecule has 0 aromatic carbocycles. The molecule has 0 saturated carbocycles. The second-order valence-electron chi connectivity index (χ2n) is 5.73. The lowest BCUT2D eigenvalue weighted by Crippen LogP contribution is -2.29. The van der Waals surface area contributed by atoms with Crippen LogP contribution in [0.15, 0.2) is 6.20 Å². The van der Waals surface area contributed by atoms with E-state index in [2.05, 4.69) is 11.9 Å². The van der Waals surface area contributed by atoms with Gasteiger partial charge in [-0.1, -0.05) is 6.42 Å². The first-order valence-electron chi connectivity index (χ1n) is 7.17. The predicted octanol–water partition coefficient (Wildman–Crippen LogP) is 2.00. The molecule has 1 N–H and O–H groups in total. The van der Waals surface area contributed by atoms with Crippen molar-refractivity contribution in [1.82, 2.24) is 14.5 Å². The maximum absolute atomic E-state index is 11.3. The maximum Gasteiger partial charge on any atom is 0.326 e. The lowest BCUT2D eigenvalue weighted by Gasteiger charge is -2.31. The smallest absolute Gasteiger partial charge is 0.326 e. The van der Waals surface area contributed by atoms with Gasteiger partial charge < -0.3 is 9.67 Å². The van der Waals surface area contributed by atoms with Crippen LogP contribution < -0.4 is 0 Å². The Morgan fingerprint density at radius 1 is 1.37 bits per heavy atom. The lowest BCUT2D eigenvalue weighted by molar-refractivity contribution is -0.141. The summed E-state index contributed by atoms with van der Waals surface area (Å²) < 4.78 is 1.89. The molecule has 5 heteroatoms. The van der Waals surface area contributed by atoms with Crippen LogP contribution in [0.25, 0.3) is 0 Å². The molecule has 3 rings (SSSR count). The van der Waals surface area contributed by atoms with Gasteiger partial charge in [-0.25, -0.2) is 9.78 Å². The van der Waals surface area contributed by atoms with E-state index < -0.39 is 12.0 Å². The number of hydrogen-bond donors (Lipinski definition) is 1. The third-order valence-corrected chi connectivity index (χ3v) is 4.44. The molecule has 1 aromatic heterocycles. The molecule has 2 aliphatic heterocycles. The topological polar surface area (TPSA) is 58.4 Å². The fourth-order valence-corrected chi connectivity index (χ4v) is 3.35. The van der Waals surface area contributed by atoms with E-state index >= 15 is 0 Å². The molecule has 0 spiro atoms. The molecular formula is C14H21N3O2. The molecule has 5 nitrogen and oxygen atoms in total. The van der Waals surface area contributed by atoms with Gasteiger partial charge in [0.1, 0.15) is 11.9 Å². The molecule has 2 unspecified atom stereocenters. The third-order valence-electron chi connectivity index (χ3n) is 4.44. The average molecular weight is 263 g/mol. The van der Waals surface area contributed by atoms with Crippen LogP contribution in [0.4, 0.5) is 0 Å². The number of rotatable bonds is 2. The first-order valence-corrected chi connectivity index (χ1v) is 7.17. The highest BCUT2D eigenvalue weighted by Crippen LogP contribution is 2.32. The minimum absolute atomic E-state index is 0.362. The van der Waals surface area contributed by atoms with Crippen molar-refractivity contribution < 1.29 is 9.90 Å². The standard InChI is InChI=1S/C14H21N3O2/c1-16-8-3-2-5-11(16)10-9-17-12(14(18)19)6-4-7-13(17)15-10/h9,11-12H,2-8H2,1H3,(H,18,19). The maximum atomic E-state index is 11.3. The Balaban J connectivity index is 1.90. The van der Waals surface area contributed by atoms with Gasteiger partial charge in [0, 0.05) is 12.6 Å². The fraction of sp³-hybridized carbons (Fsp3) is 0.714. The first-order chi connectivity index (χ1) is 9.16. The van der Waals surface area contributed by atoms with E-state index in [0.29, 0.717) is 6.04 Å². The lowest BCUT2D eigenvalue weighted by atomic mass is 10.0. The Morgan fingerprint density at radius 3 is 2.95 bits per heavy atom. The molecule has 1 fully saturated rings. The molecule has 19 heavy (non-hydrogen) atoms. The van der Waals surface area contributed by atoms with Crippen LogP contribution in [0, 0.1) is 0 Å². The first kappa shape index (κ1) is 12.7. The number of hydrogen-bond acceptors (Lipinski definition) is 3. The second-order valence-corrected chi connectivity index (χ2v) is 5.73. The van der Waals surface area contributed by atoms with Gasteiger partial charge in [-0.15, -0.1) is 0 Å². The van der Waals surface area contributed by atoms with Gasteiger partial charge in [-0.3, -0.25) is 4.90 Å². The van der Waals surface area contributed by atoms with Gasteiger partial charge in [0.2, 0.25) is 0 Å². The van der Waals surface area contributed by atoms with Crippen LogP contribution in [0.1, 0.15) is 55.7 Å². The average Bonchev–Trinajstić information content (AvgIpc) is 2.82. The number of imidazole rings is 1. The quantitative estimate of drug-likeness (QED) is 0.886. The minimum atomic E-state index is -0.734. The monoisotopic (exact) mass is 263 g/mol. The van der Waals surface area contributed by atoms with E-state index in [9.17, 15) is 9.90 Å². The summed E-state index contributed by atoms with van der Waals surface area (Å²) in [6, 6.07) is -0.0554. The summed E-state index contributed by atoms with van der Waals surface area (Å²) in [6.45, 7) is 1.11. The molecule has 104 valence electrons. The molecule has 0 radical (unpaired) electrons. The molecule has 2 aliphatic rings. The van der Waals surface area contributed by atoms with Crippen molar-refractivity contribution in [3.8, 4) is 0 Å². The molecule has 0 amide bonds. The Morgan fingerprint density at radius 2 is 2.21 bits per heavy atom. The molecule has 1 aromatic rings. The van der Waals surface area contributed by atoms with E-state index in [-0.39, 0.29) is 0 Å². The Kier molecular flexibility index (Phi) is 3.31. The summed E-state index contributed by atoms with van der Waals surface area (Å²) in [7, 11) is 2.14. The van der Waals surface area contributed by atoms with Crippen LogP contribution in [0.3, 0.4) is 0 Å². The van der Waals surface area contributed by atoms with Crippen LogP contribution in [-0.2, 0) is 11.2 Å². The number of carboxylic acid groups (broad SMARTS) is 1. The van der Waals surface area contributed by atoms with Crippen molar-refractivity contribution in [2.24, 2.45) is 0 Å².